The van der Waals surface area contributed by atoms with E-state index in [1.807, 2.05) is 0 Å². The molecule has 0 amide bonds. The number of nitrogens with one attached hydrogen (secondary N) is 2. The molecule has 0 saturated carbocycles. The number of halogens is 2. The van der Waals surface area contributed by atoms with Crippen LogP contribution in [0.15, 0.2) is 36.5 Å². The number of nitrogens with two attached hydrogens (primary N) is 1. The highest BCUT2D eigenvalue weighted by atomic mass is 32.2. The van der Waals surface area contributed by atoms with Crippen molar-refractivity contribution >= 4 is 26.8 Å². The molecule has 0 radical (unpaired) electrons. The Balaban J connectivity index is 1.81. The Bertz CT molecular complexity index is 1220. The summed E-state index contributed by atoms with van der Waals surface area (Å²) in [6.07, 6.45) is 2.13. The minimum absolute atomic E-state index is 0.0503. The lowest BCUT2D eigenvalue weighted by atomic mass is 10.1. The first-order valence-electron chi connectivity index (χ1n) is 8.84. The highest BCUT2D eigenvalue weighted by Crippen LogP contribution is 2.36. The first-order chi connectivity index (χ1) is 13.8. The molecule has 0 bridgehead atoms. The van der Waals surface area contributed by atoms with Crippen molar-refractivity contribution in [2.75, 3.05) is 12.3 Å². The molecule has 1 aliphatic rings. The average Bonchev–Trinajstić information content (AvgIpc) is 3.24. The molecule has 0 aliphatic carbocycles. The Kier molecular flexibility index (Phi) is 4.75. The Labute approximate surface area is 165 Å². The van der Waals surface area contributed by atoms with Crippen molar-refractivity contribution in [3.8, 4) is 11.5 Å². The molecule has 0 atom stereocenters. The van der Waals surface area contributed by atoms with Gasteiger partial charge in [0.25, 0.3) is 0 Å². The van der Waals surface area contributed by atoms with E-state index in [1.54, 1.807) is 12.3 Å². The highest BCUT2D eigenvalue weighted by Gasteiger charge is 2.30. The number of benzene rings is 2. The van der Waals surface area contributed by atoms with Gasteiger partial charge < -0.3 is 15.5 Å². The van der Waals surface area contributed by atoms with Crippen LogP contribution in [0.4, 0.5) is 8.78 Å². The summed E-state index contributed by atoms with van der Waals surface area (Å²) in [6.45, 7) is 0.291. The average molecular weight is 420 g/mol. The van der Waals surface area contributed by atoms with Gasteiger partial charge in [-0.1, -0.05) is 0 Å². The summed E-state index contributed by atoms with van der Waals surface area (Å²) in [4.78, 5) is 2.91. The molecule has 2 aromatic carbocycles. The predicted octanol–water partition coefficient (Wildman–Crippen LogP) is 3.06. The molecule has 4 rings (SSSR count). The smallest absolute Gasteiger partial charge is 0.214 e. The topological polar surface area (TPSA) is 112 Å². The van der Waals surface area contributed by atoms with E-state index in [9.17, 15) is 17.2 Å². The zero-order valence-electron chi connectivity index (χ0n) is 15.2. The molecule has 152 valence electrons. The number of ether oxygens (including phenoxy) is 1. The summed E-state index contributed by atoms with van der Waals surface area (Å²) in [7, 11) is -3.41. The third-order valence-corrected chi connectivity index (χ3v) is 6.75. The summed E-state index contributed by atoms with van der Waals surface area (Å²) < 4.78 is 60.2. The monoisotopic (exact) mass is 420 g/mol. The summed E-state index contributed by atoms with van der Waals surface area (Å²) >= 11 is 0. The number of nitrogens with zero attached hydrogens (tertiary/aromatic N) is 1. The molecule has 29 heavy (non-hydrogen) atoms. The van der Waals surface area contributed by atoms with Gasteiger partial charge in [-0.25, -0.2) is 17.2 Å². The quantitative estimate of drug-likeness (QED) is 0.435. The van der Waals surface area contributed by atoms with Crippen LogP contribution in [0.5, 0.6) is 11.5 Å². The number of aromatic amines is 1. The molecule has 10 heteroatoms. The number of rotatable bonds is 5. The van der Waals surface area contributed by atoms with Crippen molar-refractivity contribution in [2.45, 2.75) is 13.0 Å². The Morgan fingerprint density at radius 1 is 1.24 bits per heavy atom. The third-order valence-electron chi connectivity index (χ3n) is 4.85. The molecular weight excluding hydrogens is 402 g/mol. The number of aromatic nitrogens is 1. The number of hydrogen-bond acceptors (Lipinski definition) is 4. The van der Waals surface area contributed by atoms with Gasteiger partial charge in [0.05, 0.1) is 11.3 Å². The summed E-state index contributed by atoms with van der Waals surface area (Å²) in [5, 5.41) is 8.07. The Hall–Kier alpha value is -2.98. The minimum atomic E-state index is -3.41. The first kappa shape index (κ1) is 19.3. The molecule has 1 fully saturated rings. The lowest BCUT2D eigenvalue weighted by molar-refractivity contribution is 0.407. The molecule has 1 saturated heterocycles. The van der Waals surface area contributed by atoms with Crippen molar-refractivity contribution in [1.82, 2.24) is 9.29 Å². The largest absolute Gasteiger partial charge is 0.454 e. The van der Waals surface area contributed by atoms with Gasteiger partial charge in [-0.3, -0.25) is 5.41 Å². The molecule has 0 spiro atoms. The van der Waals surface area contributed by atoms with Crippen LogP contribution in [0, 0.1) is 17.0 Å². The van der Waals surface area contributed by atoms with Crippen LogP contribution in [-0.2, 0) is 16.6 Å². The number of H-pyrrole nitrogens is 1. The fourth-order valence-corrected chi connectivity index (χ4v) is 4.91. The number of fused-ring (bicyclic) bond motifs is 1. The third kappa shape index (κ3) is 3.56. The fraction of sp³-hybridized carbons (Fsp3) is 0.211. The van der Waals surface area contributed by atoms with Gasteiger partial charge in [-0.15, -0.1) is 0 Å². The standard InChI is InChI=1S/C19H18F2N4O3S/c20-15-3-2-11(8-13(15)19(22)23)28-18-14(10-25-6-1-7-29(25,26)27)12-4-5-24-17(12)9-16(18)21/h2-5,8-9,24H,1,6-7,10H2,(H3,22,23). The maximum Gasteiger partial charge on any atom is 0.214 e. The maximum absolute atomic E-state index is 14.9. The van der Waals surface area contributed by atoms with Crippen LogP contribution in [-0.4, -0.2) is 35.8 Å². The van der Waals surface area contributed by atoms with Crippen LogP contribution < -0.4 is 10.5 Å². The lowest BCUT2D eigenvalue weighted by Gasteiger charge is -2.19. The van der Waals surface area contributed by atoms with Crippen molar-refractivity contribution in [1.29, 1.82) is 5.41 Å². The van der Waals surface area contributed by atoms with Gasteiger partial charge in [-0.2, -0.15) is 4.31 Å². The predicted molar refractivity (Wildman–Crippen MR) is 105 cm³/mol. The van der Waals surface area contributed by atoms with Crippen LogP contribution in [0.25, 0.3) is 10.9 Å². The number of amidine groups is 1. The normalized spacial score (nSPS) is 16.3. The Morgan fingerprint density at radius 2 is 2.03 bits per heavy atom. The zero-order valence-corrected chi connectivity index (χ0v) is 16.0. The van der Waals surface area contributed by atoms with E-state index in [0.29, 0.717) is 29.4 Å². The van der Waals surface area contributed by atoms with Crippen molar-refractivity contribution in [3.05, 3.63) is 59.3 Å². The van der Waals surface area contributed by atoms with E-state index in [1.165, 1.54) is 22.5 Å². The van der Waals surface area contributed by atoms with Crippen LogP contribution in [0.2, 0.25) is 0 Å². The van der Waals surface area contributed by atoms with Crippen molar-refractivity contribution < 1.29 is 21.9 Å². The van der Waals surface area contributed by atoms with Gasteiger partial charge in [0, 0.05) is 41.8 Å². The molecule has 7 nitrogen and oxygen atoms in total. The highest BCUT2D eigenvalue weighted by molar-refractivity contribution is 7.89. The molecule has 3 aromatic rings. The van der Waals surface area contributed by atoms with Gasteiger partial charge in [0.1, 0.15) is 17.4 Å². The Morgan fingerprint density at radius 3 is 2.72 bits per heavy atom. The van der Waals surface area contributed by atoms with Crippen LogP contribution in [0.3, 0.4) is 0 Å². The van der Waals surface area contributed by atoms with Crippen LogP contribution in [0.1, 0.15) is 17.5 Å². The number of sulfonamides is 1. The van der Waals surface area contributed by atoms with E-state index >= 15 is 0 Å². The minimum Gasteiger partial charge on any atom is -0.454 e. The molecule has 1 aliphatic heterocycles. The summed E-state index contributed by atoms with van der Waals surface area (Å²) in [6, 6.07) is 6.53. The zero-order chi connectivity index (χ0) is 20.8. The fourth-order valence-electron chi connectivity index (χ4n) is 3.43. The lowest BCUT2D eigenvalue weighted by Crippen LogP contribution is -2.25. The van der Waals surface area contributed by atoms with Gasteiger partial charge in [0.15, 0.2) is 11.6 Å². The van der Waals surface area contributed by atoms with E-state index in [4.69, 9.17) is 15.9 Å². The second-order valence-electron chi connectivity index (χ2n) is 6.77. The van der Waals surface area contributed by atoms with Crippen LogP contribution >= 0.6 is 0 Å². The number of nitrogen functional groups attached to an aromatic ring is 1. The van der Waals surface area contributed by atoms with E-state index < -0.39 is 27.5 Å². The maximum atomic E-state index is 14.9. The molecule has 4 N–H and O–H groups in total. The van der Waals surface area contributed by atoms with Gasteiger partial charge in [-0.05, 0) is 30.7 Å². The molecular formula is C19H18F2N4O3S. The van der Waals surface area contributed by atoms with Gasteiger partial charge in [0.2, 0.25) is 10.0 Å². The molecule has 2 heterocycles. The van der Waals surface area contributed by atoms with Crippen molar-refractivity contribution in [3.63, 3.8) is 0 Å². The van der Waals surface area contributed by atoms with E-state index in [-0.39, 0.29) is 29.4 Å². The first-order valence-corrected chi connectivity index (χ1v) is 10.5. The molecule has 1 aromatic heterocycles. The van der Waals surface area contributed by atoms with Gasteiger partial charge >= 0.3 is 0 Å². The van der Waals surface area contributed by atoms with E-state index in [0.717, 1.165) is 6.07 Å². The summed E-state index contributed by atoms with van der Waals surface area (Å²) in [5.41, 5.74) is 6.07. The number of hydrogen-bond donors (Lipinski definition) is 3. The van der Waals surface area contributed by atoms with E-state index in [2.05, 4.69) is 4.98 Å². The summed E-state index contributed by atoms with van der Waals surface area (Å²) in [5.74, 6) is -1.90. The second-order valence-corrected chi connectivity index (χ2v) is 8.85. The molecule has 0 unspecified atom stereocenters. The van der Waals surface area contributed by atoms with Crippen molar-refractivity contribution in [2.24, 2.45) is 5.73 Å². The second kappa shape index (κ2) is 7.12. The SMILES string of the molecule is N=C(N)c1cc(Oc2c(F)cc3[nH]ccc3c2CN2CCCS2(=O)=O)ccc1F.